The third-order valence-corrected chi connectivity index (χ3v) is 5.56. The van der Waals surface area contributed by atoms with E-state index in [1.165, 1.54) is 10.5 Å². The minimum atomic E-state index is -0.495. The number of carbonyl (C=O) groups is 2. The van der Waals surface area contributed by atoms with Crippen LogP contribution in [0.3, 0.4) is 0 Å². The first-order valence-corrected chi connectivity index (χ1v) is 10.6. The monoisotopic (exact) mass is 411 g/mol. The van der Waals surface area contributed by atoms with Crippen LogP contribution in [0.25, 0.3) is 0 Å². The highest BCUT2D eigenvalue weighted by Gasteiger charge is 2.16. The number of ether oxygens (including phenoxy) is 2. The van der Waals surface area contributed by atoms with Gasteiger partial charge >= 0.3 is 5.97 Å². The fourth-order valence-corrected chi connectivity index (χ4v) is 3.55. The van der Waals surface area contributed by atoms with Crippen molar-refractivity contribution in [3.8, 4) is 0 Å². The van der Waals surface area contributed by atoms with Crippen LogP contribution >= 0.6 is 0 Å². The summed E-state index contributed by atoms with van der Waals surface area (Å²) in [7, 11) is 0. The Morgan fingerprint density at radius 3 is 2.50 bits per heavy atom. The van der Waals surface area contributed by atoms with Crippen LogP contribution in [0.4, 0.5) is 5.69 Å². The molecule has 1 heterocycles. The lowest BCUT2D eigenvalue weighted by atomic mass is 9.97. The highest BCUT2D eigenvalue weighted by Crippen LogP contribution is 2.26. The van der Waals surface area contributed by atoms with Crippen molar-refractivity contribution in [3.63, 3.8) is 0 Å². The van der Waals surface area contributed by atoms with Crippen LogP contribution in [-0.4, -0.2) is 44.8 Å². The third kappa shape index (κ3) is 6.15. The molecule has 1 atom stereocenters. The molecule has 1 amide bonds. The number of esters is 1. The van der Waals surface area contributed by atoms with Crippen molar-refractivity contribution in [2.45, 2.75) is 32.7 Å². The number of para-hydroxylation sites is 1. The molecule has 2 aromatic rings. The number of carbonyl (C=O) groups excluding carboxylic acids is 2. The number of hydrogen-bond acceptors (Lipinski definition) is 4. The van der Waals surface area contributed by atoms with Crippen molar-refractivity contribution >= 4 is 17.6 Å². The van der Waals surface area contributed by atoms with Crippen molar-refractivity contribution in [2.75, 3.05) is 38.2 Å². The van der Waals surface area contributed by atoms with Crippen molar-refractivity contribution < 1.29 is 24.0 Å². The molecule has 30 heavy (non-hydrogen) atoms. The molecule has 0 aliphatic carbocycles. The summed E-state index contributed by atoms with van der Waals surface area (Å²) in [6, 6.07) is 15.1. The van der Waals surface area contributed by atoms with Gasteiger partial charge in [0, 0.05) is 11.3 Å². The number of anilines is 1. The average molecular weight is 412 g/mol. The Kier molecular flexibility index (Phi) is 7.99. The molecule has 0 aromatic heterocycles. The maximum atomic E-state index is 12.3. The van der Waals surface area contributed by atoms with Crippen LogP contribution < -0.4 is 10.2 Å². The zero-order chi connectivity index (χ0) is 21.3. The van der Waals surface area contributed by atoms with E-state index in [9.17, 15) is 9.59 Å². The largest absolute Gasteiger partial charge is 0.452 e. The molecule has 6 nitrogen and oxygen atoms in total. The van der Waals surface area contributed by atoms with Gasteiger partial charge in [0.05, 0.1) is 18.8 Å². The van der Waals surface area contributed by atoms with Gasteiger partial charge in [0.15, 0.2) is 6.61 Å². The molecule has 3 rings (SSSR count). The zero-order valence-corrected chi connectivity index (χ0v) is 17.8. The second-order valence-electron chi connectivity index (χ2n) is 7.76. The molecule has 0 saturated carbocycles. The summed E-state index contributed by atoms with van der Waals surface area (Å²) in [5, 5.41) is 2.86. The van der Waals surface area contributed by atoms with E-state index < -0.39 is 5.97 Å². The predicted octanol–water partition coefficient (Wildman–Crippen LogP) is 2.41. The Balaban J connectivity index is 1.50. The normalized spacial score (nSPS) is 15.4. The van der Waals surface area contributed by atoms with Crippen LogP contribution in [0, 0.1) is 0 Å². The smallest absolute Gasteiger partial charge is 0.338 e. The summed E-state index contributed by atoms with van der Waals surface area (Å²) < 4.78 is 10.6. The number of quaternary nitrogens is 1. The number of rotatable bonds is 8. The minimum Gasteiger partial charge on any atom is -0.452 e. The fourth-order valence-electron chi connectivity index (χ4n) is 3.55. The quantitative estimate of drug-likeness (QED) is 0.655. The SMILES string of the molecule is CC[C@H](C)c1ccccc1NC(=O)COC(=O)c1ccc(C[NH+]2CCOCC2)cc1. The topological polar surface area (TPSA) is 69.1 Å². The first-order valence-electron chi connectivity index (χ1n) is 10.6. The second-order valence-corrected chi connectivity index (χ2v) is 7.76. The number of hydrogen-bond donors (Lipinski definition) is 2. The zero-order valence-electron chi connectivity index (χ0n) is 17.8. The first-order chi connectivity index (χ1) is 14.6. The van der Waals surface area contributed by atoms with Gasteiger partial charge in [-0.15, -0.1) is 0 Å². The maximum Gasteiger partial charge on any atom is 0.338 e. The van der Waals surface area contributed by atoms with E-state index in [0.29, 0.717) is 11.5 Å². The van der Waals surface area contributed by atoms with Crippen molar-refractivity contribution in [3.05, 3.63) is 65.2 Å². The maximum absolute atomic E-state index is 12.3. The number of benzene rings is 2. The molecule has 0 spiro atoms. The van der Waals surface area contributed by atoms with Crippen LogP contribution in [-0.2, 0) is 20.8 Å². The summed E-state index contributed by atoms with van der Waals surface area (Å²) in [5.74, 6) is -0.501. The van der Waals surface area contributed by atoms with Crippen molar-refractivity contribution in [1.82, 2.24) is 0 Å². The van der Waals surface area contributed by atoms with Gasteiger partial charge in [0.2, 0.25) is 0 Å². The van der Waals surface area contributed by atoms with Gasteiger partial charge in [-0.1, -0.05) is 44.2 Å². The van der Waals surface area contributed by atoms with Crippen LogP contribution in [0.5, 0.6) is 0 Å². The van der Waals surface area contributed by atoms with E-state index >= 15 is 0 Å². The third-order valence-electron chi connectivity index (χ3n) is 5.56. The summed E-state index contributed by atoms with van der Waals surface area (Å²) >= 11 is 0. The molecule has 1 fully saturated rings. The molecule has 1 aliphatic rings. The predicted molar refractivity (Wildman–Crippen MR) is 116 cm³/mol. The molecule has 0 radical (unpaired) electrons. The highest BCUT2D eigenvalue weighted by molar-refractivity contribution is 5.96. The Labute approximate surface area is 178 Å². The standard InChI is InChI=1S/C24H30N2O4/c1-3-18(2)21-6-4-5-7-22(21)25-23(27)17-30-24(28)20-10-8-19(9-11-20)16-26-12-14-29-15-13-26/h4-11,18H,3,12-17H2,1-2H3,(H,25,27)/p+1/t18-/m0/s1. The summed E-state index contributed by atoms with van der Waals surface area (Å²) in [4.78, 5) is 26.1. The number of amides is 1. The summed E-state index contributed by atoms with van der Waals surface area (Å²) in [6.07, 6.45) is 0.977. The highest BCUT2D eigenvalue weighted by atomic mass is 16.5. The van der Waals surface area contributed by atoms with Gasteiger partial charge in [-0.3, -0.25) is 4.79 Å². The molecule has 1 aliphatic heterocycles. The lowest BCUT2D eigenvalue weighted by Gasteiger charge is -2.23. The Morgan fingerprint density at radius 2 is 1.80 bits per heavy atom. The Morgan fingerprint density at radius 1 is 1.10 bits per heavy atom. The molecule has 2 N–H and O–H groups in total. The Hall–Kier alpha value is -2.70. The lowest BCUT2D eigenvalue weighted by Crippen LogP contribution is -3.12. The van der Waals surface area contributed by atoms with E-state index in [0.717, 1.165) is 50.5 Å². The Bertz CT molecular complexity index is 845. The number of morpholine rings is 1. The van der Waals surface area contributed by atoms with Crippen molar-refractivity contribution in [1.29, 1.82) is 0 Å². The van der Waals surface area contributed by atoms with Crippen molar-refractivity contribution in [2.24, 2.45) is 0 Å². The second kappa shape index (κ2) is 10.9. The lowest BCUT2D eigenvalue weighted by molar-refractivity contribution is -0.921. The van der Waals surface area contributed by atoms with Crippen LogP contribution in [0.1, 0.15) is 47.7 Å². The molecular formula is C24H31N2O4+. The van der Waals surface area contributed by atoms with E-state index in [1.54, 1.807) is 12.1 Å². The molecule has 2 aromatic carbocycles. The summed E-state index contributed by atoms with van der Waals surface area (Å²) in [6.45, 7) is 8.42. The summed E-state index contributed by atoms with van der Waals surface area (Å²) in [5.41, 5.74) is 3.46. The van der Waals surface area contributed by atoms with E-state index in [2.05, 4.69) is 19.2 Å². The average Bonchev–Trinajstić information content (AvgIpc) is 2.78. The van der Waals surface area contributed by atoms with Gasteiger partial charge in [-0.05, 0) is 36.1 Å². The molecule has 0 unspecified atom stereocenters. The molecule has 6 heteroatoms. The van der Waals surface area contributed by atoms with Gasteiger partial charge in [-0.2, -0.15) is 0 Å². The molecular weight excluding hydrogens is 380 g/mol. The fraction of sp³-hybridized carbons (Fsp3) is 0.417. The van der Waals surface area contributed by atoms with Crippen LogP contribution in [0.2, 0.25) is 0 Å². The van der Waals surface area contributed by atoms with Gasteiger partial charge in [0.25, 0.3) is 5.91 Å². The molecule has 0 bridgehead atoms. The van der Waals surface area contributed by atoms with E-state index in [1.807, 2.05) is 36.4 Å². The molecule has 1 saturated heterocycles. The first kappa shape index (κ1) is 22.0. The van der Waals surface area contributed by atoms with Gasteiger partial charge in [-0.25, -0.2) is 4.79 Å². The minimum absolute atomic E-state index is 0.312. The van der Waals surface area contributed by atoms with E-state index in [-0.39, 0.29) is 12.5 Å². The van der Waals surface area contributed by atoms with Gasteiger partial charge in [0.1, 0.15) is 19.6 Å². The van der Waals surface area contributed by atoms with Crippen LogP contribution in [0.15, 0.2) is 48.5 Å². The van der Waals surface area contributed by atoms with E-state index in [4.69, 9.17) is 9.47 Å². The number of nitrogens with one attached hydrogen (secondary N) is 2. The van der Waals surface area contributed by atoms with Gasteiger partial charge < -0.3 is 19.7 Å². The molecule has 160 valence electrons.